The number of nitrogens with one attached hydrogen (secondary N) is 1. The van der Waals surface area contributed by atoms with Crippen LogP contribution in [0.4, 0.5) is 5.69 Å². The molecular formula is C19H17N5O3S. The third-order valence-electron chi connectivity index (χ3n) is 4.02. The van der Waals surface area contributed by atoms with Gasteiger partial charge in [-0.1, -0.05) is 30.0 Å². The third-order valence-corrected chi connectivity index (χ3v) is 4.84. The number of rotatable bonds is 6. The molecule has 3 aromatic heterocycles. The molecule has 28 heavy (non-hydrogen) atoms. The Morgan fingerprint density at radius 2 is 1.96 bits per heavy atom. The second-order valence-corrected chi connectivity index (χ2v) is 6.91. The van der Waals surface area contributed by atoms with Crippen molar-refractivity contribution in [2.45, 2.75) is 19.1 Å². The second kappa shape index (κ2) is 7.73. The van der Waals surface area contributed by atoms with Crippen molar-refractivity contribution in [1.29, 1.82) is 0 Å². The number of anilines is 1. The predicted octanol–water partition coefficient (Wildman–Crippen LogP) is 3.86. The molecule has 0 bridgehead atoms. The molecular weight excluding hydrogens is 378 g/mol. The number of aryl methyl sites for hydroxylation is 1. The molecule has 0 atom stereocenters. The summed E-state index contributed by atoms with van der Waals surface area (Å²) < 4.78 is 12.5. The molecule has 1 amide bonds. The number of amides is 1. The molecule has 8 nitrogen and oxygen atoms in total. The van der Waals surface area contributed by atoms with Gasteiger partial charge in [-0.25, -0.2) is 4.68 Å². The minimum atomic E-state index is -0.179. The minimum Gasteiger partial charge on any atom is -0.459 e. The van der Waals surface area contributed by atoms with E-state index in [2.05, 4.69) is 20.6 Å². The number of carbonyl (C=O) groups is 1. The Balaban J connectivity index is 1.41. The van der Waals surface area contributed by atoms with Crippen molar-refractivity contribution < 1.29 is 13.6 Å². The normalized spacial score (nSPS) is 10.9. The molecule has 142 valence electrons. The van der Waals surface area contributed by atoms with Crippen molar-refractivity contribution in [3.8, 4) is 17.3 Å². The van der Waals surface area contributed by atoms with Crippen LogP contribution in [-0.2, 0) is 4.79 Å². The maximum Gasteiger partial charge on any atom is 0.284 e. The topological polar surface area (TPSA) is 99.0 Å². The van der Waals surface area contributed by atoms with Crippen LogP contribution in [0.3, 0.4) is 0 Å². The van der Waals surface area contributed by atoms with Crippen molar-refractivity contribution in [2.24, 2.45) is 0 Å². The van der Waals surface area contributed by atoms with Crippen LogP contribution in [0, 0.1) is 13.8 Å². The van der Waals surface area contributed by atoms with Gasteiger partial charge in [-0.2, -0.15) is 5.10 Å². The Morgan fingerprint density at radius 3 is 2.71 bits per heavy atom. The first kappa shape index (κ1) is 18.1. The van der Waals surface area contributed by atoms with E-state index in [1.807, 2.05) is 48.9 Å². The highest BCUT2D eigenvalue weighted by Gasteiger charge is 2.17. The molecule has 0 radical (unpaired) electrons. The van der Waals surface area contributed by atoms with E-state index in [-0.39, 0.29) is 17.6 Å². The Hall–Kier alpha value is -3.33. The van der Waals surface area contributed by atoms with E-state index in [9.17, 15) is 4.79 Å². The zero-order valence-electron chi connectivity index (χ0n) is 15.2. The molecule has 1 N–H and O–H groups in total. The van der Waals surface area contributed by atoms with Crippen LogP contribution < -0.4 is 5.32 Å². The van der Waals surface area contributed by atoms with Gasteiger partial charge >= 0.3 is 0 Å². The van der Waals surface area contributed by atoms with Gasteiger partial charge in [0, 0.05) is 0 Å². The highest BCUT2D eigenvalue weighted by molar-refractivity contribution is 7.99. The zero-order chi connectivity index (χ0) is 19.5. The van der Waals surface area contributed by atoms with E-state index in [4.69, 9.17) is 8.83 Å². The third kappa shape index (κ3) is 3.70. The van der Waals surface area contributed by atoms with Crippen LogP contribution in [0.2, 0.25) is 0 Å². The maximum absolute atomic E-state index is 12.4. The van der Waals surface area contributed by atoms with Crippen molar-refractivity contribution in [1.82, 2.24) is 20.0 Å². The Bertz CT molecular complexity index is 1090. The first-order valence-electron chi connectivity index (χ1n) is 8.53. The van der Waals surface area contributed by atoms with Gasteiger partial charge < -0.3 is 14.2 Å². The smallest absolute Gasteiger partial charge is 0.284 e. The fourth-order valence-corrected chi connectivity index (χ4v) is 3.28. The van der Waals surface area contributed by atoms with Crippen LogP contribution in [0.1, 0.15) is 11.4 Å². The maximum atomic E-state index is 12.4. The summed E-state index contributed by atoms with van der Waals surface area (Å²) in [7, 11) is 0. The van der Waals surface area contributed by atoms with Gasteiger partial charge in [0.2, 0.25) is 5.91 Å². The molecule has 0 fully saturated rings. The molecule has 9 heteroatoms. The summed E-state index contributed by atoms with van der Waals surface area (Å²) >= 11 is 1.16. The lowest BCUT2D eigenvalue weighted by molar-refractivity contribution is -0.113. The molecule has 0 aliphatic heterocycles. The molecule has 0 spiro atoms. The van der Waals surface area contributed by atoms with Gasteiger partial charge in [0.05, 0.1) is 34.8 Å². The van der Waals surface area contributed by atoms with Gasteiger partial charge in [-0.05, 0) is 38.1 Å². The number of carbonyl (C=O) groups excluding carboxylic acids is 1. The Labute approximate surface area is 165 Å². The van der Waals surface area contributed by atoms with E-state index in [1.54, 1.807) is 12.1 Å². The number of para-hydroxylation sites is 1. The quantitative estimate of drug-likeness (QED) is 0.495. The lowest BCUT2D eigenvalue weighted by Crippen LogP contribution is -2.15. The SMILES string of the molecule is Cc1nn(-c2ccccc2)c(C)c1NC(=O)CSc1nnc(-c2ccco2)o1. The van der Waals surface area contributed by atoms with Crippen LogP contribution in [0.5, 0.6) is 0 Å². The summed E-state index contributed by atoms with van der Waals surface area (Å²) in [5.41, 5.74) is 3.25. The van der Waals surface area contributed by atoms with Crippen molar-refractivity contribution in [3.63, 3.8) is 0 Å². The molecule has 0 saturated carbocycles. The zero-order valence-corrected chi connectivity index (χ0v) is 16.1. The van der Waals surface area contributed by atoms with Crippen LogP contribution in [0.15, 0.2) is 62.8 Å². The van der Waals surface area contributed by atoms with E-state index in [0.717, 1.165) is 28.8 Å². The lowest BCUT2D eigenvalue weighted by atomic mass is 10.3. The van der Waals surface area contributed by atoms with Gasteiger partial charge in [0.15, 0.2) is 5.76 Å². The minimum absolute atomic E-state index is 0.134. The number of aromatic nitrogens is 4. The molecule has 4 rings (SSSR count). The Morgan fingerprint density at radius 1 is 1.14 bits per heavy atom. The summed E-state index contributed by atoms with van der Waals surface area (Å²) in [5.74, 6) is 0.725. The largest absolute Gasteiger partial charge is 0.459 e. The summed E-state index contributed by atoms with van der Waals surface area (Å²) in [5, 5.41) is 15.6. The van der Waals surface area contributed by atoms with Crippen molar-refractivity contribution >= 4 is 23.4 Å². The van der Waals surface area contributed by atoms with Crippen molar-refractivity contribution in [3.05, 3.63) is 60.1 Å². The second-order valence-electron chi connectivity index (χ2n) is 5.98. The summed E-state index contributed by atoms with van der Waals surface area (Å²) in [4.78, 5) is 12.4. The summed E-state index contributed by atoms with van der Waals surface area (Å²) in [6, 6.07) is 13.2. The first-order valence-corrected chi connectivity index (χ1v) is 9.52. The van der Waals surface area contributed by atoms with Gasteiger partial charge in [0.1, 0.15) is 0 Å². The van der Waals surface area contributed by atoms with Crippen molar-refractivity contribution in [2.75, 3.05) is 11.1 Å². The number of nitrogens with zero attached hydrogens (tertiary/aromatic N) is 4. The summed E-state index contributed by atoms with van der Waals surface area (Å²) in [6.45, 7) is 3.78. The molecule has 3 heterocycles. The van der Waals surface area contributed by atoms with Gasteiger partial charge in [-0.3, -0.25) is 4.79 Å². The average Bonchev–Trinajstić information content (AvgIpc) is 3.44. The van der Waals surface area contributed by atoms with Crippen LogP contribution in [-0.4, -0.2) is 31.6 Å². The van der Waals surface area contributed by atoms with E-state index in [0.29, 0.717) is 16.7 Å². The average molecular weight is 395 g/mol. The fraction of sp³-hybridized carbons (Fsp3) is 0.158. The molecule has 4 aromatic rings. The number of hydrogen-bond acceptors (Lipinski definition) is 7. The van der Waals surface area contributed by atoms with E-state index in [1.165, 1.54) is 6.26 Å². The monoisotopic (exact) mass is 395 g/mol. The Kier molecular flexibility index (Phi) is 4.98. The van der Waals surface area contributed by atoms with Gasteiger partial charge in [0.25, 0.3) is 11.1 Å². The summed E-state index contributed by atoms with van der Waals surface area (Å²) in [6.07, 6.45) is 1.53. The number of furan rings is 1. The fourth-order valence-electron chi connectivity index (χ4n) is 2.71. The highest BCUT2D eigenvalue weighted by atomic mass is 32.2. The molecule has 0 saturated heterocycles. The molecule has 1 aromatic carbocycles. The van der Waals surface area contributed by atoms with Crippen LogP contribution >= 0.6 is 11.8 Å². The van der Waals surface area contributed by atoms with E-state index < -0.39 is 0 Å². The molecule has 0 unspecified atom stereocenters. The van der Waals surface area contributed by atoms with Crippen LogP contribution in [0.25, 0.3) is 17.3 Å². The highest BCUT2D eigenvalue weighted by Crippen LogP contribution is 2.25. The molecule has 0 aliphatic carbocycles. The van der Waals surface area contributed by atoms with Gasteiger partial charge in [-0.15, -0.1) is 10.2 Å². The number of thioether (sulfide) groups is 1. The van der Waals surface area contributed by atoms with E-state index >= 15 is 0 Å². The molecule has 0 aliphatic rings. The first-order chi connectivity index (χ1) is 13.6. The predicted molar refractivity (Wildman–Crippen MR) is 104 cm³/mol. The number of benzene rings is 1. The number of hydrogen-bond donors (Lipinski definition) is 1. The lowest BCUT2D eigenvalue weighted by Gasteiger charge is -2.06. The standard InChI is InChI=1S/C19H17N5O3S/c1-12-17(13(2)24(23-12)14-7-4-3-5-8-14)20-16(25)11-28-19-22-21-18(27-19)15-9-6-10-26-15/h3-10H,11H2,1-2H3,(H,20,25).